The van der Waals surface area contributed by atoms with Gasteiger partial charge in [0.2, 0.25) is 0 Å². The summed E-state index contributed by atoms with van der Waals surface area (Å²) in [4.78, 5) is 11.5. The Morgan fingerprint density at radius 2 is 2.16 bits per heavy atom. The average molecular weight is 328 g/mol. The maximum absolute atomic E-state index is 11.5. The molecular weight excluding hydrogens is 311 g/mol. The van der Waals surface area contributed by atoms with Gasteiger partial charge in [-0.15, -0.1) is 12.4 Å². The van der Waals surface area contributed by atoms with Crippen LogP contribution in [0.3, 0.4) is 0 Å². The molecule has 0 aromatic heterocycles. The van der Waals surface area contributed by atoms with E-state index < -0.39 is 0 Å². The molecule has 0 aliphatic heterocycles. The van der Waals surface area contributed by atoms with Gasteiger partial charge in [-0.1, -0.05) is 30.1 Å². The molecule has 1 atom stereocenters. The Kier molecular flexibility index (Phi) is 8.93. The second-order valence-electron chi connectivity index (χ2n) is 4.01. The third-order valence-corrected chi connectivity index (χ3v) is 2.85. The van der Waals surface area contributed by atoms with E-state index in [-0.39, 0.29) is 30.8 Å². The van der Waals surface area contributed by atoms with Crippen LogP contribution in [0.4, 0.5) is 0 Å². The fourth-order valence-electron chi connectivity index (χ4n) is 1.15. The molecule has 1 aromatic carbocycles. The first-order valence-electron chi connectivity index (χ1n) is 5.57. The van der Waals surface area contributed by atoms with Crippen molar-refractivity contribution < 1.29 is 9.53 Å². The van der Waals surface area contributed by atoms with Crippen LogP contribution in [0.15, 0.2) is 18.2 Å². The van der Waals surface area contributed by atoms with Crippen LogP contribution < -0.4 is 15.8 Å². The van der Waals surface area contributed by atoms with Gasteiger partial charge in [0.25, 0.3) is 5.91 Å². The minimum atomic E-state index is -0.216. The summed E-state index contributed by atoms with van der Waals surface area (Å²) in [5, 5.41) is 3.64. The van der Waals surface area contributed by atoms with Crippen molar-refractivity contribution in [3.63, 3.8) is 0 Å². The molecule has 0 bridgehead atoms. The van der Waals surface area contributed by atoms with Crippen LogP contribution in [0.1, 0.15) is 6.92 Å². The molecule has 4 nitrogen and oxygen atoms in total. The molecule has 0 aliphatic rings. The highest BCUT2D eigenvalue weighted by atomic mass is 35.5. The standard InChI is InChI=1S/C12H16Cl2N2O2.ClH/c1-8(5-15)6-16-12(17)7-18-11-4-9(13)2-3-10(11)14;/h2-4,8H,5-7,15H2,1H3,(H,16,17);1H. The van der Waals surface area contributed by atoms with Crippen molar-refractivity contribution in [2.24, 2.45) is 11.7 Å². The second kappa shape index (κ2) is 9.26. The van der Waals surface area contributed by atoms with Crippen LogP contribution in [-0.2, 0) is 4.79 Å². The van der Waals surface area contributed by atoms with E-state index in [2.05, 4.69) is 5.32 Å². The summed E-state index contributed by atoms with van der Waals surface area (Å²) in [6.07, 6.45) is 0. The zero-order valence-electron chi connectivity index (χ0n) is 10.5. The molecule has 0 saturated carbocycles. The van der Waals surface area contributed by atoms with Gasteiger partial charge in [-0.3, -0.25) is 4.79 Å². The van der Waals surface area contributed by atoms with Gasteiger partial charge in [0.1, 0.15) is 5.75 Å². The molecule has 0 heterocycles. The van der Waals surface area contributed by atoms with E-state index in [1.165, 1.54) is 0 Å². The Morgan fingerprint density at radius 1 is 1.47 bits per heavy atom. The maximum Gasteiger partial charge on any atom is 0.257 e. The quantitative estimate of drug-likeness (QED) is 0.844. The Balaban J connectivity index is 0.00000324. The molecule has 3 N–H and O–H groups in total. The molecule has 0 aliphatic carbocycles. The number of ether oxygens (including phenoxy) is 1. The Labute approximate surface area is 129 Å². The highest BCUT2D eigenvalue weighted by Crippen LogP contribution is 2.27. The van der Waals surface area contributed by atoms with Gasteiger partial charge in [0.15, 0.2) is 6.61 Å². The van der Waals surface area contributed by atoms with Gasteiger partial charge in [-0.05, 0) is 24.6 Å². The number of rotatable bonds is 6. The van der Waals surface area contributed by atoms with Crippen molar-refractivity contribution >= 4 is 41.5 Å². The van der Waals surface area contributed by atoms with Crippen molar-refractivity contribution in [2.45, 2.75) is 6.92 Å². The zero-order valence-corrected chi connectivity index (χ0v) is 12.8. The van der Waals surface area contributed by atoms with Crippen molar-refractivity contribution in [3.8, 4) is 5.75 Å². The summed E-state index contributed by atoms with van der Waals surface area (Å²) in [6, 6.07) is 4.84. The monoisotopic (exact) mass is 326 g/mol. The summed E-state index contributed by atoms with van der Waals surface area (Å²) in [7, 11) is 0. The highest BCUT2D eigenvalue weighted by Gasteiger charge is 2.07. The number of hydrogen-bond acceptors (Lipinski definition) is 3. The summed E-state index contributed by atoms with van der Waals surface area (Å²) in [5.41, 5.74) is 5.45. The number of nitrogens with two attached hydrogens (primary N) is 1. The lowest BCUT2D eigenvalue weighted by atomic mass is 10.2. The molecule has 1 aromatic rings. The number of amides is 1. The third kappa shape index (κ3) is 6.87. The first kappa shape index (κ1) is 18.3. The summed E-state index contributed by atoms with van der Waals surface area (Å²) < 4.78 is 5.29. The van der Waals surface area contributed by atoms with Gasteiger partial charge in [0, 0.05) is 17.6 Å². The van der Waals surface area contributed by atoms with Crippen molar-refractivity contribution in [1.29, 1.82) is 0 Å². The van der Waals surface area contributed by atoms with E-state index in [0.717, 1.165) is 0 Å². The lowest BCUT2D eigenvalue weighted by molar-refractivity contribution is -0.123. The average Bonchev–Trinajstić information content (AvgIpc) is 2.36. The summed E-state index contributed by atoms with van der Waals surface area (Å²) in [6.45, 7) is 2.91. The van der Waals surface area contributed by atoms with E-state index in [9.17, 15) is 4.79 Å². The number of carbonyl (C=O) groups is 1. The molecule has 1 rings (SSSR count). The van der Waals surface area contributed by atoms with Crippen molar-refractivity contribution in [3.05, 3.63) is 28.2 Å². The first-order chi connectivity index (χ1) is 8.52. The SMILES string of the molecule is CC(CN)CNC(=O)COc1cc(Cl)ccc1Cl.Cl. The van der Waals surface area contributed by atoms with E-state index >= 15 is 0 Å². The molecule has 1 amide bonds. The molecule has 7 heteroatoms. The van der Waals surface area contributed by atoms with Gasteiger partial charge < -0.3 is 15.8 Å². The predicted molar refractivity (Wildman–Crippen MR) is 80.4 cm³/mol. The molecule has 0 spiro atoms. The van der Waals surface area contributed by atoms with Crippen LogP contribution in [0.5, 0.6) is 5.75 Å². The van der Waals surface area contributed by atoms with Crippen LogP contribution in [-0.4, -0.2) is 25.6 Å². The minimum absolute atomic E-state index is 0. The molecule has 0 saturated heterocycles. The minimum Gasteiger partial charge on any atom is -0.482 e. The summed E-state index contributed by atoms with van der Waals surface area (Å²) >= 11 is 11.7. The smallest absolute Gasteiger partial charge is 0.257 e. The fraction of sp³-hybridized carbons (Fsp3) is 0.417. The fourth-order valence-corrected chi connectivity index (χ4v) is 1.49. The van der Waals surface area contributed by atoms with E-state index in [4.69, 9.17) is 33.7 Å². The Hall–Kier alpha value is -0.680. The lowest BCUT2D eigenvalue weighted by Crippen LogP contribution is -2.34. The Morgan fingerprint density at radius 3 is 2.79 bits per heavy atom. The van der Waals surface area contributed by atoms with Crippen LogP contribution >= 0.6 is 35.6 Å². The number of benzene rings is 1. The van der Waals surface area contributed by atoms with Gasteiger partial charge in [-0.2, -0.15) is 0 Å². The Bertz CT molecular complexity index is 416. The van der Waals surface area contributed by atoms with Gasteiger partial charge in [0.05, 0.1) is 5.02 Å². The number of halogens is 3. The topological polar surface area (TPSA) is 64.3 Å². The number of carbonyl (C=O) groups excluding carboxylic acids is 1. The summed E-state index contributed by atoms with van der Waals surface area (Å²) in [5.74, 6) is 0.418. The molecule has 0 radical (unpaired) electrons. The van der Waals surface area contributed by atoms with Crippen LogP contribution in [0.2, 0.25) is 10.0 Å². The largest absolute Gasteiger partial charge is 0.482 e. The third-order valence-electron chi connectivity index (χ3n) is 2.30. The predicted octanol–water partition coefficient (Wildman–Crippen LogP) is 2.51. The number of hydrogen-bond donors (Lipinski definition) is 2. The molecular formula is C12H17Cl3N2O2. The number of nitrogens with one attached hydrogen (secondary N) is 1. The highest BCUT2D eigenvalue weighted by molar-refractivity contribution is 6.34. The molecule has 1 unspecified atom stereocenters. The normalized spacial score (nSPS) is 11.4. The van der Waals surface area contributed by atoms with E-state index in [0.29, 0.717) is 28.9 Å². The van der Waals surface area contributed by atoms with Crippen molar-refractivity contribution in [2.75, 3.05) is 19.7 Å². The van der Waals surface area contributed by atoms with Gasteiger partial charge >= 0.3 is 0 Å². The van der Waals surface area contributed by atoms with Gasteiger partial charge in [-0.25, -0.2) is 0 Å². The van der Waals surface area contributed by atoms with E-state index in [1.807, 2.05) is 6.92 Å². The molecule has 108 valence electrons. The lowest BCUT2D eigenvalue weighted by Gasteiger charge is -2.11. The second-order valence-corrected chi connectivity index (χ2v) is 4.85. The first-order valence-corrected chi connectivity index (χ1v) is 6.33. The molecule has 0 fully saturated rings. The van der Waals surface area contributed by atoms with E-state index in [1.54, 1.807) is 18.2 Å². The van der Waals surface area contributed by atoms with Crippen LogP contribution in [0.25, 0.3) is 0 Å². The van der Waals surface area contributed by atoms with Crippen molar-refractivity contribution in [1.82, 2.24) is 5.32 Å². The maximum atomic E-state index is 11.5. The van der Waals surface area contributed by atoms with Crippen LogP contribution in [0, 0.1) is 5.92 Å². The zero-order chi connectivity index (χ0) is 13.5. The molecule has 19 heavy (non-hydrogen) atoms.